The van der Waals surface area contributed by atoms with Gasteiger partial charge in [0.05, 0.1) is 12.3 Å². The van der Waals surface area contributed by atoms with Gasteiger partial charge in [-0.1, -0.05) is 19.4 Å². The number of anilines is 2. The minimum absolute atomic E-state index is 0.0404. The van der Waals surface area contributed by atoms with Crippen molar-refractivity contribution >= 4 is 35.7 Å². The smallest absolute Gasteiger partial charge is 0.224 e. The molecule has 0 fully saturated rings. The highest BCUT2D eigenvalue weighted by Gasteiger charge is 2.21. The van der Waals surface area contributed by atoms with Crippen LogP contribution in [0.2, 0.25) is 5.28 Å². The summed E-state index contributed by atoms with van der Waals surface area (Å²) in [5.41, 5.74) is 5.48. The quantitative estimate of drug-likeness (QED) is 0.287. The number of hydrogen-bond donors (Lipinski definition) is 2. The molecule has 2 aromatic rings. The topological polar surface area (TPSA) is 89.0 Å². The van der Waals surface area contributed by atoms with Crippen molar-refractivity contribution in [3.63, 3.8) is 0 Å². The number of amides is 1. The summed E-state index contributed by atoms with van der Waals surface area (Å²) in [4.78, 5) is 23.1. The first-order chi connectivity index (χ1) is 15.8. The molecule has 0 aliphatic heterocycles. The second kappa shape index (κ2) is 11.3. The Bertz CT molecular complexity index is 1080. The summed E-state index contributed by atoms with van der Waals surface area (Å²) >= 11 is 5.99. The number of ether oxygens (including phenoxy) is 1. The van der Waals surface area contributed by atoms with Crippen LogP contribution in [0.15, 0.2) is 29.0 Å². The Morgan fingerprint density at radius 1 is 1.33 bits per heavy atom. The number of methoxy groups -OCH3 is 1. The van der Waals surface area contributed by atoms with Crippen LogP contribution >= 0.6 is 11.6 Å². The van der Waals surface area contributed by atoms with E-state index in [4.69, 9.17) is 16.3 Å². The zero-order chi connectivity index (χ0) is 24.0. The van der Waals surface area contributed by atoms with Crippen LogP contribution in [0.4, 0.5) is 16.0 Å². The van der Waals surface area contributed by atoms with E-state index in [1.165, 1.54) is 5.57 Å². The average molecular weight is 474 g/mol. The fraction of sp³-hybridized carbons (Fsp3) is 0.417. The van der Waals surface area contributed by atoms with Gasteiger partial charge in [-0.3, -0.25) is 4.79 Å². The number of carbonyl (C=O) groups is 1. The van der Waals surface area contributed by atoms with Gasteiger partial charge in [0.25, 0.3) is 0 Å². The number of allylic oxidation sites excluding steroid dienone is 2. The lowest BCUT2D eigenvalue weighted by Crippen LogP contribution is -2.15. The second-order valence-corrected chi connectivity index (χ2v) is 8.57. The van der Waals surface area contributed by atoms with Crippen LogP contribution in [0.3, 0.4) is 0 Å². The van der Waals surface area contributed by atoms with Gasteiger partial charge in [0, 0.05) is 31.5 Å². The molecule has 0 aromatic carbocycles. The third kappa shape index (κ3) is 6.15. The molecule has 1 aliphatic carbocycles. The molecule has 3 rings (SSSR count). The molecule has 2 heterocycles. The van der Waals surface area contributed by atoms with Gasteiger partial charge in [-0.15, -0.1) is 0 Å². The Labute approximate surface area is 198 Å². The van der Waals surface area contributed by atoms with Gasteiger partial charge in [-0.2, -0.15) is 0 Å². The number of aryl methyl sites for hydroxylation is 1. The summed E-state index contributed by atoms with van der Waals surface area (Å²) in [6.07, 6.45) is 6.60. The molecule has 0 atom stereocenters. The van der Waals surface area contributed by atoms with Crippen molar-refractivity contribution in [1.82, 2.24) is 20.3 Å². The first-order valence-corrected chi connectivity index (χ1v) is 11.3. The molecule has 33 heavy (non-hydrogen) atoms. The first kappa shape index (κ1) is 24.8. The number of rotatable bonds is 10. The van der Waals surface area contributed by atoms with Gasteiger partial charge >= 0.3 is 0 Å². The number of hydrogen-bond acceptors (Lipinski definition) is 6. The zero-order valence-electron chi connectivity index (χ0n) is 19.3. The minimum atomic E-state index is -0.436. The maximum absolute atomic E-state index is 15.5. The Kier molecular flexibility index (Phi) is 8.52. The van der Waals surface area contributed by atoms with Crippen molar-refractivity contribution in [1.29, 1.82) is 0 Å². The molecule has 0 radical (unpaired) electrons. The second-order valence-electron chi connectivity index (χ2n) is 8.23. The molecular weight excluding hydrogens is 445 g/mol. The predicted molar refractivity (Wildman–Crippen MR) is 128 cm³/mol. The summed E-state index contributed by atoms with van der Waals surface area (Å²) in [7, 11) is 1.55. The summed E-state index contributed by atoms with van der Waals surface area (Å²) in [6, 6.07) is 1.65. The molecule has 9 heteroatoms. The van der Waals surface area contributed by atoms with E-state index in [0.29, 0.717) is 42.4 Å². The van der Waals surface area contributed by atoms with Crippen LogP contribution in [0, 0.1) is 11.7 Å². The lowest BCUT2D eigenvalue weighted by Gasteiger charge is -2.22. The van der Waals surface area contributed by atoms with Crippen molar-refractivity contribution in [2.75, 3.05) is 19.0 Å². The third-order valence-electron chi connectivity index (χ3n) is 5.69. The number of pyridine rings is 1. The largest absolute Gasteiger partial charge is 0.378 e. The van der Waals surface area contributed by atoms with Gasteiger partial charge in [0.1, 0.15) is 5.82 Å². The lowest BCUT2D eigenvalue weighted by atomic mass is 9.84. The van der Waals surface area contributed by atoms with Crippen LogP contribution in [0.5, 0.6) is 0 Å². The monoisotopic (exact) mass is 473 g/mol. The van der Waals surface area contributed by atoms with E-state index >= 15 is 4.39 Å². The maximum atomic E-state index is 15.5. The summed E-state index contributed by atoms with van der Waals surface area (Å²) < 4.78 is 20.6. The lowest BCUT2D eigenvalue weighted by molar-refractivity contribution is -0.109. The van der Waals surface area contributed by atoms with Crippen molar-refractivity contribution in [3.05, 3.63) is 56.9 Å². The van der Waals surface area contributed by atoms with Gasteiger partial charge in [0.2, 0.25) is 11.7 Å². The highest BCUT2D eigenvalue weighted by Crippen LogP contribution is 2.34. The van der Waals surface area contributed by atoms with Crippen LogP contribution in [-0.2, 0) is 22.6 Å². The van der Waals surface area contributed by atoms with Gasteiger partial charge in [-0.05, 0) is 66.5 Å². The number of nitrogens with zero attached hydrogens (tertiary/aromatic N) is 3. The van der Waals surface area contributed by atoms with Gasteiger partial charge < -0.3 is 15.4 Å². The molecule has 0 spiro atoms. The molecule has 0 unspecified atom stereocenters. The highest BCUT2D eigenvalue weighted by atomic mass is 35.5. The van der Waals surface area contributed by atoms with E-state index in [0.717, 1.165) is 29.6 Å². The summed E-state index contributed by atoms with van der Waals surface area (Å²) in [5, 5.41) is 5.69. The van der Waals surface area contributed by atoms with E-state index in [9.17, 15) is 4.79 Å². The van der Waals surface area contributed by atoms with Crippen LogP contribution in [0.25, 0.3) is 6.08 Å². The molecule has 2 aromatic heterocycles. The summed E-state index contributed by atoms with van der Waals surface area (Å²) in [6.45, 7) is 7.18. The molecule has 0 saturated heterocycles. The number of nitrogens with one attached hydrogen (secondary N) is 2. The van der Waals surface area contributed by atoms with Gasteiger partial charge in [-0.25, -0.2) is 19.3 Å². The number of halogens is 2. The summed E-state index contributed by atoms with van der Waals surface area (Å²) in [5.74, 6) is 0.304. The Balaban J connectivity index is 1.93. The van der Waals surface area contributed by atoms with E-state index in [-0.39, 0.29) is 17.7 Å². The Hall–Kier alpha value is -2.84. The predicted octanol–water partition coefficient (Wildman–Crippen LogP) is 4.99. The normalized spacial score (nSPS) is 13.8. The molecule has 0 saturated carbocycles. The molecule has 176 valence electrons. The molecule has 7 nitrogen and oxygen atoms in total. The van der Waals surface area contributed by atoms with E-state index in [1.54, 1.807) is 19.4 Å². The molecular formula is C24H29ClFN5O2. The maximum Gasteiger partial charge on any atom is 0.224 e. The third-order valence-corrected chi connectivity index (χ3v) is 5.86. The van der Waals surface area contributed by atoms with E-state index in [1.807, 2.05) is 6.08 Å². The first-order valence-electron chi connectivity index (χ1n) is 10.9. The van der Waals surface area contributed by atoms with Crippen molar-refractivity contribution in [2.45, 2.75) is 46.6 Å². The number of fused-ring (bicyclic) bond motifs is 1. The molecule has 0 bridgehead atoms. The van der Waals surface area contributed by atoms with Crippen LogP contribution in [-0.4, -0.2) is 35.0 Å². The van der Waals surface area contributed by atoms with Crippen molar-refractivity contribution in [3.8, 4) is 0 Å². The SMILES string of the molecule is COCc1cc(Nc2ncc3c(c2F)C=C(/C(C)=C(/CCNC=O)C(C)C)CC3)nc(Cl)n1. The number of carbonyl (C=O) groups excluding carboxylic acids is 1. The minimum Gasteiger partial charge on any atom is -0.378 e. The van der Waals surface area contributed by atoms with E-state index in [2.05, 4.69) is 46.4 Å². The van der Waals surface area contributed by atoms with Crippen LogP contribution < -0.4 is 10.6 Å². The standard InChI is InChI=1S/C24H29ClFN5O2/c1-14(2)19(7-8-27-13-32)15(3)16-5-6-17-11-28-23(22(26)20(17)9-16)30-21-10-18(12-33-4)29-24(25)31-21/h9-11,13-14H,5-8,12H2,1-4H3,(H,27,32)(H,28,29,30,31)/b19-15-. The fourth-order valence-electron chi connectivity index (χ4n) is 4.04. The highest BCUT2D eigenvalue weighted by molar-refractivity contribution is 6.28. The molecule has 1 amide bonds. The van der Waals surface area contributed by atoms with Crippen LogP contribution in [0.1, 0.15) is 50.4 Å². The zero-order valence-corrected chi connectivity index (χ0v) is 20.1. The average Bonchev–Trinajstić information content (AvgIpc) is 2.78. The molecule has 2 N–H and O–H groups in total. The molecule has 1 aliphatic rings. The Morgan fingerprint density at radius 2 is 2.12 bits per heavy atom. The van der Waals surface area contributed by atoms with Crippen molar-refractivity contribution < 1.29 is 13.9 Å². The Morgan fingerprint density at radius 3 is 2.82 bits per heavy atom. The van der Waals surface area contributed by atoms with E-state index < -0.39 is 5.82 Å². The van der Waals surface area contributed by atoms with Gasteiger partial charge in [0.15, 0.2) is 11.6 Å². The van der Waals surface area contributed by atoms with Crippen molar-refractivity contribution in [2.24, 2.45) is 5.92 Å². The fourth-order valence-corrected chi connectivity index (χ4v) is 4.24. The number of aromatic nitrogens is 3.